The molecule has 0 aliphatic heterocycles. The maximum absolute atomic E-state index is 5.30. The molecule has 2 nitrogen and oxygen atoms in total. The van der Waals surface area contributed by atoms with Gasteiger partial charge in [-0.05, 0) is 0 Å². The summed E-state index contributed by atoms with van der Waals surface area (Å²) in [7, 11) is 1.79. The van der Waals surface area contributed by atoms with Crippen LogP contribution in [0.15, 0.2) is 42.0 Å². The molecule has 172 valence electrons. The molecule has 0 heterocycles. The van der Waals surface area contributed by atoms with Gasteiger partial charge in [0.05, 0.1) is 0 Å². The second-order valence-corrected chi connectivity index (χ2v) is 23.0. The van der Waals surface area contributed by atoms with E-state index in [1.54, 1.807) is 20.4 Å². The van der Waals surface area contributed by atoms with E-state index < -0.39 is 18.4 Å². The van der Waals surface area contributed by atoms with Crippen molar-refractivity contribution < 1.29 is 4.74 Å². The topological polar surface area (TPSA) is 12.5 Å². The average Bonchev–Trinajstić information content (AvgIpc) is 2.75. The SMILES string of the molecule is CCC[CH2][Sn]([CH2]CCC)([CH2]CCC)[CH2]N(CC/C=C(\C)COC)Cc1ccccc1. The van der Waals surface area contributed by atoms with Gasteiger partial charge in [0.15, 0.2) is 0 Å². The van der Waals surface area contributed by atoms with Crippen molar-refractivity contribution in [3.05, 3.63) is 47.5 Å². The van der Waals surface area contributed by atoms with Crippen LogP contribution in [0.1, 0.15) is 78.2 Å². The van der Waals surface area contributed by atoms with E-state index in [0.29, 0.717) is 0 Å². The van der Waals surface area contributed by atoms with Gasteiger partial charge in [0.1, 0.15) is 0 Å². The van der Waals surface area contributed by atoms with E-state index in [-0.39, 0.29) is 0 Å². The van der Waals surface area contributed by atoms with Crippen LogP contribution in [-0.4, -0.2) is 48.1 Å². The molecule has 0 aromatic heterocycles. The van der Waals surface area contributed by atoms with Crippen molar-refractivity contribution in [1.29, 1.82) is 0 Å². The van der Waals surface area contributed by atoms with Gasteiger partial charge < -0.3 is 0 Å². The molecule has 0 N–H and O–H groups in total. The molecular formula is C27H49NOSn. The maximum atomic E-state index is 5.30. The van der Waals surface area contributed by atoms with Crippen LogP contribution in [-0.2, 0) is 11.3 Å². The number of hydrogen-bond donors (Lipinski definition) is 0. The second-order valence-electron chi connectivity index (χ2n) is 9.28. The fraction of sp³-hybridized carbons (Fsp3) is 0.704. The van der Waals surface area contributed by atoms with E-state index in [4.69, 9.17) is 4.74 Å². The fourth-order valence-corrected chi connectivity index (χ4v) is 21.0. The van der Waals surface area contributed by atoms with Gasteiger partial charge in [-0.25, -0.2) is 0 Å². The van der Waals surface area contributed by atoms with Crippen LogP contribution in [0, 0.1) is 0 Å². The van der Waals surface area contributed by atoms with Crippen molar-refractivity contribution >= 4 is 18.4 Å². The molecule has 3 heteroatoms. The summed E-state index contributed by atoms with van der Waals surface area (Å²) in [4.78, 5) is 2.84. The Labute approximate surface area is 192 Å². The van der Waals surface area contributed by atoms with Gasteiger partial charge in [0.2, 0.25) is 0 Å². The Bertz CT molecular complexity index is 535. The molecule has 0 aliphatic rings. The molecule has 0 saturated heterocycles. The van der Waals surface area contributed by atoms with Crippen molar-refractivity contribution in [3.63, 3.8) is 0 Å². The van der Waals surface area contributed by atoms with E-state index in [1.807, 2.05) is 0 Å². The molecule has 0 unspecified atom stereocenters. The Balaban J connectivity index is 2.99. The van der Waals surface area contributed by atoms with Crippen LogP contribution in [0.4, 0.5) is 0 Å². The molecule has 1 rings (SSSR count). The summed E-state index contributed by atoms with van der Waals surface area (Å²) in [6.07, 6.45) is 12.0. The summed E-state index contributed by atoms with van der Waals surface area (Å²) in [5.74, 6) is 0. The number of benzene rings is 1. The number of hydrogen-bond acceptors (Lipinski definition) is 2. The van der Waals surface area contributed by atoms with Crippen LogP contribution < -0.4 is 0 Å². The summed E-state index contributed by atoms with van der Waals surface area (Å²) in [5.41, 5.74) is 2.83. The van der Waals surface area contributed by atoms with Crippen LogP contribution in [0.25, 0.3) is 0 Å². The van der Waals surface area contributed by atoms with Crippen LogP contribution in [0.3, 0.4) is 0 Å². The zero-order chi connectivity index (χ0) is 22.1. The molecule has 30 heavy (non-hydrogen) atoms. The standard InChI is InChI=1S/C15H22NO.3C4H9.Sn/c1-14(13-17-3)8-7-11-16(2)12-15-9-5-4-6-10-15;3*1-3-4-2;/h4-6,8-10H,2,7,11-13H2,1,3H3;3*1,3-4H2,2H3;/b14-8+;;;;. The second kappa shape index (κ2) is 17.3. The van der Waals surface area contributed by atoms with Gasteiger partial charge in [0.25, 0.3) is 0 Å². The minimum atomic E-state index is -2.19. The molecule has 0 bridgehead atoms. The molecule has 0 radical (unpaired) electrons. The summed E-state index contributed by atoms with van der Waals surface area (Å²) < 4.78 is 11.5. The van der Waals surface area contributed by atoms with Crippen LogP contribution in [0.5, 0.6) is 0 Å². The van der Waals surface area contributed by atoms with E-state index in [1.165, 1.54) is 60.8 Å². The number of unbranched alkanes of at least 4 members (excludes halogenated alkanes) is 3. The Morgan fingerprint density at radius 1 is 0.933 bits per heavy atom. The molecular weight excluding hydrogens is 473 g/mol. The third-order valence-electron chi connectivity index (χ3n) is 6.30. The van der Waals surface area contributed by atoms with Gasteiger partial charge in [-0.15, -0.1) is 0 Å². The molecule has 0 fully saturated rings. The first-order valence-corrected chi connectivity index (χ1v) is 20.6. The average molecular weight is 522 g/mol. The van der Waals surface area contributed by atoms with Gasteiger partial charge in [0, 0.05) is 0 Å². The third kappa shape index (κ3) is 11.9. The minimum absolute atomic E-state index is 0.755. The van der Waals surface area contributed by atoms with Crippen molar-refractivity contribution in [3.8, 4) is 0 Å². The molecule has 1 aromatic carbocycles. The molecule has 0 amide bonds. The van der Waals surface area contributed by atoms with Gasteiger partial charge >= 0.3 is 193 Å². The van der Waals surface area contributed by atoms with Crippen molar-refractivity contribution in [2.45, 2.75) is 92.5 Å². The van der Waals surface area contributed by atoms with Crippen LogP contribution in [0.2, 0.25) is 13.3 Å². The van der Waals surface area contributed by atoms with E-state index in [0.717, 1.165) is 19.6 Å². The van der Waals surface area contributed by atoms with E-state index in [2.05, 4.69) is 69.0 Å². The molecule has 1 aromatic rings. The molecule has 0 spiro atoms. The predicted octanol–water partition coefficient (Wildman–Crippen LogP) is 7.86. The first-order chi connectivity index (χ1) is 14.6. The van der Waals surface area contributed by atoms with E-state index >= 15 is 0 Å². The number of nitrogens with zero attached hydrogens (tertiary/aromatic N) is 1. The van der Waals surface area contributed by atoms with Crippen molar-refractivity contribution in [1.82, 2.24) is 4.90 Å². The van der Waals surface area contributed by atoms with Crippen molar-refractivity contribution in [2.24, 2.45) is 0 Å². The summed E-state index contributed by atoms with van der Waals surface area (Å²) in [6.45, 7) is 12.4. The normalized spacial score (nSPS) is 12.7. The Kier molecular flexibility index (Phi) is 15.9. The van der Waals surface area contributed by atoms with E-state index in [9.17, 15) is 0 Å². The molecule has 0 atom stereocenters. The van der Waals surface area contributed by atoms with Crippen LogP contribution >= 0.6 is 0 Å². The number of rotatable bonds is 18. The zero-order valence-corrected chi connectivity index (χ0v) is 23.6. The van der Waals surface area contributed by atoms with Gasteiger partial charge in [-0.2, -0.15) is 0 Å². The van der Waals surface area contributed by atoms with Crippen molar-refractivity contribution in [2.75, 3.05) is 24.8 Å². The zero-order valence-electron chi connectivity index (χ0n) is 20.7. The predicted molar refractivity (Wildman–Crippen MR) is 137 cm³/mol. The monoisotopic (exact) mass is 523 g/mol. The first-order valence-electron chi connectivity index (χ1n) is 12.5. The van der Waals surface area contributed by atoms with Gasteiger partial charge in [-0.1, -0.05) is 0 Å². The summed E-state index contributed by atoms with van der Waals surface area (Å²) in [5, 5.41) is 0. The Morgan fingerprint density at radius 2 is 1.50 bits per heavy atom. The molecule has 0 saturated carbocycles. The number of methoxy groups -OCH3 is 1. The summed E-state index contributed by atoms with van der Waals surface area (Å²) in [6, 6.07) is 11.1. The fourth-order valence-electron chi connectivity index (χ4n) is 4.58. The Morgan fingerprint density at radius 3 is 2.00 bits per heavy atom. The summed E-state index contributed by atoms with van der Waals surface area (Å²) >= 11 is -2.19. The number of ether oxygens (including phenoxy) is 1. The Hall–Kier alpha value is -0.321. The quantitative estimate of drug-likeness (QED) is 0.144. The molecule has 0 aliphatic carbocycles. The van der Waals surface area contributed by atoms with Gasteiger partial charge in [-0.3, -0.25) is 0 Å². The third-order valence-corrected chi connectivity index (χ3v) is 21.6. The first kappa shape index (κ1) is 27.7.